The predicted octanol–water partition coefficient (Wildman–Crippen LogP) is 3.32. The number of rotatable bonds is 0. The Kier molecular flexibility index (Phi) is 3.76. The lowest BCUT2D eigenvalue weighted by molar-refractivity contribution is -0.299. The monoisotopic (exact) mass is 372 g/mol. The number of carbonyl (C=O) groups is 1. The van der Waals surface area contributed by atoms with Gasteiger partial charge in [-0.2, -0.15) is 0 Å². The van der Waals surface area contributed by atoms with E-state index in [0.29, 0.717) is 56.0 Å². The summed E-state index contributed by atoms with van der Waals surface area (Å²) in [5.74, 6) is 3.92. The molecule has 1 saturated heterocycles. The zero-order valence-corrected chi connectivity index (χ0v) is 16.6. The van der Waals surface area contributed by atoms with Crippen molar-refractivity contribution in [2.45, 2.75) is 76.6 Å². The molecule has 1 aliphatic heterocycles. The zero-order valence-electron chi connectivity index (χ0n) is 16.6. The van der Waals surface area contributed by atoms with Gasteiger partial charge in [-0.15, -0.1) is 6.42 Å². The molecule has 1 spiro atoms. The van der Waals surface area contributed by atoms with Crippen molar-refractivity contribution in [2.24, 2.45) is 34.5 Å². The van der Waals surface area contributed by atoms with Crippen LogP contribution in [0.2, 0.25) is 0 Å². The molecule has 0 unspecified atom stereocenters. The zero-order chi connectivity index (χ0) is 19.1. The minimum Gasteiger partial charge on any atom is -0.378 e. The number of ketones is 1. The molecule has 0 aromatic heterocycles. The van der Waals surface area contributed by atoms with E-state index >= 15 is 0 Å². The molecule has 4 heteroatoms. The lowest BCUT2D eigenvalue weighted by Gasteiger charge is -2.64. The van der Waals surface area contributed by atoms with Crippen LogP contribution in [0.25, 0.3) is 0 Å². The Hall–Kier alpha value is -0.890. The third kappa shape index (κ3) is 2.26. The maximum Gasteiger partial charge on any atom is 0.172 e. The van der Waals surface area contributed by atoms with Crippen molar-refractivity contribution in [3.63, 3.8) is 0 Å². The molecule has 0 aromatic rings. The summed E-state index contributed by atoms with van der Waals surface area (Å²) in [4.78, 5) is 12.8. The molecule has 4 saturated carbocycles. The second-order valence-electron chi connectivity index (χ2n) is 10.5. The quantitative estimate of drug-likeness (QED) is 0.663. The Morgan fingerprint density at radius 3 is 2.52 bits per heavy atom. The van der Waals surface area contributed by atoms with E-state index in [9.17, 15) is 9.90 Å². The van der Waals surface area contributed by atoms with E-state index in [2.05, 4.69) is 19.8 Å². The average Bonchev–Trinajstić information content (AvgIpc) is 3.23. The first-order valence-electron chi connectivity index (χ1n) is 10.8. The summed E-state index contributed by atoms with van der Waals surface area (Å²) in [6, 6.07) is 0. The third-order valence-electron chi connectivity index (χ3n) is 9.50. The fourth-order valence-corrected chi connectivity index (χ4v) is 7.87. The van der Waals surface area contributed by atoms with Crippen LogP contribution in [0.3, 0.4) is 0 Å². The van der Waals surface area contributed by atoms with Crippen LogP contribution in [0.5, 0.6) is 0 Å². The van der Waals surface area contributed by atoms with Gasteiger partial charge in [-0.25, -0.2) is 0 Å². The summed E-state index contributed by atoms with van der Waals surface area (Å²) < 4.78 is 12.7. The van der Waals surface area contributed by atoms with E-state index in [1.807, 2.05) is 0 Å². The molecular weight excluding hydrogens is 340 g/mol. The Morgan fingerprint density at radius 1 is 1.07 bits per heavy atom. The molecule has 0 radical (unpaired) electrons. The number of aliphatic hydroxyl groups is 1. The minimum atomic E-state index is -0.997. The number of carbonyl (C=O) groups excluding carboxylic acids is 1. The molecule has 4 nitrogen and oxygen atoms in total. The van der Waals surface area contributed by atoms with Crippen molar-refractivity contribution in [3.05, 3.63) is 0 Å². The Bertz CT molecular complexity index is 704. The Labute approximate surface area is 162 Å². The van der Waals surface area contributed by atoms with Crippen LogP contribution >= 0.6 is 0 Å². The van der Waals surface area contributed by atoms with Crippen molar-refractivity contribution in [2.75, 3.05) is 13.2 Å². The van der Waals surface area contributed by atoms with Gasteiger partial charge in [0.15, 0.2) is 5.79 Å². The van der Waals surface area contributed by atoms with E-state index in [4.69, 9.17) is 15.9 Å². The standard InChI is InChI=1S/C23H32O4/c1-4-22(25)10-9-20(2)15(13-22)14-23(26-11-12-27-23)19-16-5-6-18(24)21(16,3)8-7-17(19)20/h1,15-17,19,25H,5-14H2,2-3H3/t15-,16-,17-,19+,20+,21+,22+/m1/s1. The fraction of sp³-hybridized carbons (Fsp3) is 0.870. The summed E-state index contributed by atoms with van der Waals surface area (Å²) in [5.41, 5.74) is -1.06. The molecule has 0 amide bonds. The largest absolute Gasteiger partial charge is 0.378 e. The normalized spacial score (nSPS) is 53.5. The third-order valence-corrected chi connectivity index (χ3v) is 9.50. The second kappa shape index (κ2) is 5.59. The highest BCUT2D eigenvalue weighted by Gasteiger charge is 2.69. The van der Waals surface area contributed by atoms with Gasteiger partial charge in [0.2, 0.25) is 0 Å². The first-order chi connectivity index (χ1) is 12.8. The molecular formula is C23H32O4. The molecule has 7 atom stereocenters. The number of terminal acetylenes is 1. The highest BCUT2D eigenvalue weighted by Crippen LogP contribution is 2.69. The van der Waals surface area contributed by atoms with E-state index in [-0.39, 0.29) is 16.7 Å². The van der Waals surface area contributed by atoms with Crippen LogP contribution in [0, 0.1) is 46.8 Å². The van der Waals surface area contributed by atoms with E-state index < -0.39 is 11.4 Å². The predicted molar refractivity (Wildman–Crippen MR) is 101 cm³/mol. The van der Waals surface area contributed by atoms with E-state index in [1.165, 1.54) is 0 Å². The lowest BCUT2D eigenvalue weighted by Crippen LogP contribution is -2.64. The van der Waals surface area contributed by atoms with E-state index in [0.717, 1.165) is 32.1 Å². The van der Waals surface area contributed by atoms with Crippen LogP contribution in [0.15, 0.2) is 0 Å². The van der Waals surface area contributed by atoms with Gasteiger partial charge in [-0.3, -0.25) is 4.79 Å². The van der Waals surface area contributed by atoms with E-state index in [1.54, 1.807) is 0 Å². The lowest BCUT2D eigenvalue weighted by atomic mass is 9.43. The van der Waals surface area contributed by atoms with Crippen molar-refractivity contribution >= 4 is 5.78 Å². The van der Waals surface area contributed by atoms with Crippen LogP contribution < -0.4 is 0 Å². The highest BCUT2D eigenvalue weighted by molar-refractivity contribution is 5.87. The smallest absolute Gasteiger partial charge is 0.172 e. The molecule has 5 aliphatic rings. The number of ether oxygens (including phenoxy) is 2. The van der Waals surface area contributed by atoms with Crippen molar-refractivity contribution in [3.8, 4) is 12.3 Å². The molecule has 1 N–H and O–H groups in total. The molecule has 0 bridgehead atoms. The number of hydrogen-bond donors (Lipinski definition) is 1. The maximum atomic E-state index is 12.8. The number of Topliss-reactive ketones (excluding diaryl/α,β-unsaturated/α-hetero) is 1. The Morgan fingerprint density at radius 2 is 1.81 bits per heavy atom. The van der Waals surface area contributed by atoms with Gasteiger partial charge in [-0.1, -0.05) is 19.8 Å². The van der Waals surface area contributed by atoms with Gasteiger partial charge in [0.25, 0.3) is 0 Å². The molecule has 4 aliphatic carbocycles. The van der Waals surface area contributed by atoms with Crippen LogP contribution in [0.1, 0.15) is 65.2 Å². The number of hydrogen-bond acceptors (Lipinski definition) is 4. The van der Waals surface area contributed by atoms with Gasteiger partial charge in [-0.05, 0) is 61.7 Å². The van der Waals surface area contributed by atoms with Gasteiger partial charge in [0.1, 0.15) is 11.4 Å². The molecule has 0 aromatic carbocycles. The highest BCUT2D eigenvalue weighted by atomic mass is 16.7. The SMILES string of the molecule is C#C[C@]1(O)CC[C@@]2(C)[C@@H](CC3(OCCO3)[C@@H]3[C@H]2CC[C@]2(C)C(=O)CC[C@H]32)C1. The first-order valence-corrected chi connectivity index (χ1v) is 10.8. The van der Waals surface area contributed by atoms with Crippen molar-refractivity contribution in [1.29, 1.82) is 0 Å². The Balaban J connectivity index is 1.58. The summed E-state index contributed by atoms with van der Waals surface area (Å²) in [6.45, 7) is 5.86. The summed E-state index contributed by atoms with van der Waals surface area (Å²) in [6.07, 6.45) is 12.5. The summed E-state index contributed by atoms with van der Waals surface area (Å²) in [5, 5.41) is 10.8. The molecule has 1 heterocycles. The second-order valence-corrected chi connectivity index (χ2v) is 10.5. The minimum absolute atomic E-state index is 0.140. The average molecular weight is 373 g/mol. The van der Waals surface area contributed by atoms with Crippen molar-refractivity contribution < 1.29 is 19.4 Å². The fourth-order valence-electron chi connectivity index (χ4n) is 7.87. The van der Waals surface area contributed by atoms with Crippen molar-refractivity contribution in [1.82, 2.24) is 0 Å². The van der Waals surface area contributed by atoms with Gasteiger partial charge >= 0.3 is 0 Å². The summed E-state index contributed by atoms with van der Waals surface area (Å²) in [7, 11) is 0. The topological polar surface area (TPSA) is 55.8 Å². The molecule has 5 fully saturated rings. The molecule has 148 valence electrons. The molecule has 5 rings (SSSR count). The van der Waals surface area contributed by atoms with Gasteiger partial charge in [0, 0.05) is 24.2 Å². The van der Waals surface area contributed by atoms with Gasteiger partial charge < -0.3 is 14.6 Å². The molecule has 27 heavy (non-hydrogen) atoms. The van der Waals surface area contributed by atoms with Crippen LogP contribution in [-0.4, -0.2) is 35.5 Å². The first kappa shape index (κ1) is 18.2. The number of fused-ring (bicyclic) bond motifs is 6. The van der Waals surface area contributed by atoms with Gasteiger partial charge in [0.05, 0.1) is 13.2 Å². The van der Waals surface area contributed by atoms with Crippen LogP contribution in [-0.2, 0) is 14.3 Å². The maximum absolute atomic E-state index is 12.8. The van der Waals surface area contributed by atoms with Crippen LogP contribution in [0.4, 0.5) is 0 Å². The summed E-state index contributed by atoms with van der Waals surface area (Å²) >= 11 is 0.